The number of nitrogens with zero attached hydrogens (tertiary/aromatic N) is 3. The van der Waals surface area contributed by atoms with Crippen LogP contribution in [0.4, 0.5) is 4.79 Å². The third-order valence-electron chi connectivity index (χ3n) is 3.52. The van der Waals surface area contributed by atoms with Crippen LogP contribution in [-0.4, -0.2) is 40.3 Å². The van der Waals surface area contributed by atoms with Crippen molar-refractivity contribution in [1.82, 2.24) is 14.8 Å². The lowest BCUT2D eigenvalue weighted by Crippen LogP contribution is -2.36. The molecule has 5 nitrogen and oxygen atoms in total. The molecular formula is C16H15N3O2. The van der Waals surface area contributed by atoms with Crippen molar-refractivity contribution in [3.63, 3.8) is 0 Å². The number of imide groups is 1. The highest BCUT2D eigenvalue weighted by atomic mass is 16.2. The molecular weight excluding hydrogens is 266 g/mol. The molecule has 0 N–H and O–H groups in total. The highest BCUT2D eigenvalue weighted by Gasteiger charge is 2.40. The zero-order chi connectivity index (χ0) is 14.8. The van der Waals surface area contributed by atoms with Gasteiger partial charge in [0, 0.05) is 13.2 Å². The molecule has 0 radical (unpaired) electrons. The fourth-order valence-corrected chi connectivity index (χ4v) is 2.52. The van der Waals surface area contributed by atoms with E-state index in [1.54, 1.807) is 13.2 Å². The third kappa shape index (κ3) is 2.38. The molecule has 0 spiro atoms. The summed E-state index contributed by atoms with van der Waals surface area (Å²) < 4.78 is 0. The average molecular weight is 281 g/mol. The SMILES string of the molecule is CN1CC(=O)N([C@@H](c2ccccc2)c2ccccn2)C1=O. The number of hydrogen-bond acceptors (Lipinski definition) is 3. The first-order valence-corrected chi connectivity index (χ1v) is 6.71. The molecule has 5 heteroatoms. The fraction of sp³-hybridized carbons (Fsp3) is 0.188. The van der Waals surface area contributed by atoms with Gasteiger partial charge in [-0.15, -0.1) is 0 Å². The van der Waals surface area contributed by atoms with E-state index in [1.807, 2.05) is 48.5 Å². The van der Waals surface area contributed by atoms with Crippen LogP contribution in [0, 0.1) is 0 Å². The second-order valence-electron chi connectivity index (χ2n) is 4.97. The first-order valence-electron chi connectivity index (χ1n) is 6.71. The van der Waals surface area contributed by atoms with Crippen molar-refractivity contribution >= 4 is 11.9 Å². The number of hydrogen-bond donors (Lipinski definition) is 0. The van der Waals surface area contributed by atoms with Crippen molar-refractivity contribution in [2.75, 3.05) is 13.6 Å². The van der Waals surface area contributed by atoms with Crippen molar-refractivity contribution in [2.45, 2.75) is 6.04 Å². The third-order valence-corrected chi connectivity index (χ3v) is 3.52. The van der Waals surface area contributed by atoms with Gasteiger partial charge in [0.1, 0.15) is 12.6 Å². The monoisotopic (exact) mass is 281 g/mol. The second kappa shape index (κ2) is 5.36. The number of urea groups is 1. The lowest BCUT2D eigenvalue weighted by molar-refractivity contribution is -0.126. The van der Waals surface area contributed by atoms with E-state index in [9.17, 15) is 9.59 Å². The molecule has 106 valence electrons. The molecule has 0 aliphatic carbocycles. The molecule has 1 aromatic heterocycles. The highest BCUT2D eigenvalue weighted by Crippen LogP contribution is 2.30. The summed E-state index contributed by atoms with van der Waals surface area (Å²) in [7, 11) is 1.63. The smallest absolute Gasteiger partial charge is 0.318 e. The van der Waals surface area contributed by atoms with Gasteiger partial charge >= 0.3 is 6.03 Å². The lowest BCUT2D eigenvalue weighted by atomic mass is 10.0. The van der Waals surface area contributed by atoms with Crippen LogP contribution in [0.15, 0.2) is 54.7 Å². The predicted molar refractivity (Wildman–Crippen MR) is 77.4 cm³/mol. The zero-order valence-electron chi connectivity index (χ0n) is 11.6. The van der Waals surface area contributed by atoms with Crippen molar-refractivity contribution < 1.29 is 9.59 Å². The van der Waals surface area contributed by atoms with Crippen molar-refractivity contribution in [3.05, 3.63) is 66.0 Å². The summed E-state index contributed by atoms with van der Waals surface area (Å²) in [6.45, 7) is 0.106. The van der Waals surface area contributed by atoms with Crippen LogP contribution in [0.1, 0.15) is 17.3 Å². The van der Waals surface area contributed by atoms with Crippen LogP contribution in [0.5, 0.6) is 0 Å². The first-order chi connectivity index (χ1) is 10.2. The molecule has 1 aliphatic heterocycles. The molecule has 0 saturated carbocycles. The van der Waals surface area contributed by atoms with Crippen LogP contribution in [0.25, 0.3) is 0 Å². The van der Waals surface area contributed by atoms with Crippen LogP contribution in [-0.2, 0) is 4.79 Å². The summed E-state index contributed by atoms with van der Waals surface area (Å²) in [5, 5.41) is 0. The van der Waals surface area contributed by atoms with E-state index in [0.717, 1.165) is 5.56 Å². The van der Waals surface area contributed by atoms with Gasteiger partial charge in [-0.1, -0.05) is 36.4 Å². The molecule has 21 heavy (non-hydrogen) atoms. The molecule has 1 aliphatic rings. The first kappa shape index (κ1) is 13.3. The van der Waals surface area contributed by atoms with E-state index in [4.69, 9.17) is 0 Å². The molecule has 1 saturated heterocycles. The number of amides is 3. The Morgan fingerprint density at radius 3 is 2.33 bits per heavy atom. The van der Waals surface area contributed by atoms with Gasteiger partial charge in [-0.25, -0.2) is 9.69 Å². The maximum atomic E-state index is 12.3. The Morgan fingerprint density at radius 2 is 1.76 bits per heavy atom. The molecule has 1 aromatic carbocycles. The number of aromatic nitrogens is 1. The molecule has 1 fully saturated rings. The maximum Gasteiger partial charge on any atom is 0.327 e. The van der Waals surface area contributed by atoms with Gasteiger partial charge in [-0.2, -0.15) is 0 Å². The summed E-state index contributed by atoms with van der Waals surface area (Å²) in [6.07, 6.45) is 1.67. The van der Waals surface area contributed by atoms with Crippen LogP contribution < -0.4 is 0 Å². The number of pyridine rings is 1. The van der Waals surface area contributed by atoms with E-state index in [-0.39, 0.29) is 18.5 Å². The fourth-order valence-electron chi connectivity index (χ4n) is 2.52. The Hall–Kier alpha value is -2.69. The number of carbonyl (C=O) groups excluding carboxylic acids is 2. The minimum atomic E-state index is -0.489. The predicted octanol–water partition coefficient (Wildman–Crippen LogP) is 2.06. The zero-order valence-corrected chi connectivity index (χ0v) is 11.6. The molecule has 1 atom stereocenters. The normalized spacial score (nSPS) is 16.4. The van der Waals surface area contributed by atoms with Crippen LogP contribution in [0.2, 0.25) is 0 Å². The molecule has 3 amide bonds. The number of carbonyl (C=O) groups is 2. The molecule has 0 bridgehead atoms. The van der Waals surface area contributed by atoms with E-state index in [2.05, 4.69) is 4.98 Å². The Balaban J connectivity index is 2.09. The average Bonchev–Trinajstić information content (AvgIpc) is 2.76. The topological polar surface area (TPSA) is 53.5 Å². The van der Waals surface area contributed by atoms with Crippen molar-refractivity contribution in [3.8, 4) is 0 Å². The van der Waals surface area contributed by atoms with Gasteiger partial charge < -0.3 is 4.90 Å². The van der Waals surface area contributed by atoms with Gasteiger partial charge in [0.15, 0.2) is 0 Å². The van der Waals surface area contributed by atoms with Gasteiger partial charge in [-0.05, 0) is 17.7 Å². The van der Waals surface area contributed by atoms with Gasteiger partial charge in [0.2, 0.25) is 0 Å². The van der Waals surface area contributed by atoms with Gasteiger partial charge in [0.25, 0.3) is 5.91 Å². The van der Waals surface area contributed by atoms with E-state index < -0.39 is 6.04 Å². The lowest BCUT2D eigenvalue weighted by Gasteiger charge is -2.25. The Labute approximate surface area is 122 Å². The highest BCUT2D eigenvalue weighted by molar-refractivity contribution is 6.02. The molecule has 2 aromatic rings. The molecule has 2 heterocycles. The van der Waals surface area contributed by atoms with Gasteiger partial charge in [-0.3, -0.25) is 9.78 Å². The van der Waals surface area contributed by atoms with E-state index in [1.165, 1.54) is 9.80 Å². The Bertz CT molecular complexity index is 618. The largest absolute Gasteiger partial charge is 0.327 e. The quantitative estimate of drug-likeness (QED) is 0.809. The summed E-state index contributed by atoms with van der Waals surface area (Å²) >= 11 is 0. The summed E-state index contributed by atoms with van der Waals surface area (Å²) in [4.78, 5) is 31.6. The summed E-state index contributed by atoms with van der Waals surface area (Å²) in [5.74, 6) is -0.206. The molecule has 0 unspecified atom stereocenters. The minimum Gasteiger partial charge on any atom is -0.318 e. The summed E-state index contributed by atoms with van der Waals surface area (Å²) in [6, 6.07) is 14.2. The standard InChI is InChI=1S/C16H15N3O2/c1-18-11-14(20)19(16(18)21)15(12-7-3-2-4-8-12)13-9-5-6-10-17-13/h2-10,15H,11H2,1H3/t15-/m0/s1. The minimum absolute atomic E-state index is 0.106. The maximum absolute atomic E-state index is 12.3. The van der Waals surface area contributed by atoms with Crippen molar-refractivity contribution in [2.24, 2.45) is 0 Å². The number of likely N-dealkylation sites (N-methyl/N-ethyl adjacent to an activating group) is 1. The Morgan fingerprint density at radius 1 is 1.05 bits per heavy atom. The number of benzene rings is 1. The van der Waals surface area contributed by atoms with Crippen LogP contribution in [0.3, 0.4) is 0 Å². The molecule has 3 rings (SSSR count). The Kier molecular flexibility index (Phi) is 3.39. The van der Waals surface area contributed by atoms with E-state index in [0.29, 0.717) is 5.69 Å². The second-order valence-corrected chi connectivity index (χ2v) is 4.97. The van der Waals surface area contributed by atoms with Gasteiger partial charge in [0.05, 0.1) is 5.69 Å². The number of rotatable bonds is 3. The van der Waals surface area contributed by atoms with Crippen LogP contribution >= 0.6 is 0 Å². The van der Waals surface area contributed by atoms with E-state index >= 15 is 0 Å². The van der Waals surface area contributed by atoms with Crippen molar-refractivity contribution in [1.29, 1.82) is 0 Å². The summed E-state index contributed by atoms with van der Waals surface area (Å²) in [5.41, 5.74) is 1.55.